The van der Waals surface area contributed by atoms with Crippen molar-refractivity contribution in [3.63, 3.8) is 0 Å². The molecule has 136 valence electrons. The predicted molar refractivity (Wildman–Crippen MR) is 102 cm³/mol. The molecule has 1 aliphatic carbocycles. The maximum Gasteiger partial charge on any atom is 0.332 e. The summed E-state index contributed by atoms with van der Waals surface area (Å²) in [6.07, 6.45) is 0.731. The quantitative estimate of drug-likeness (QED) is 0.448. The fraction of sp³-hybridized carbons (Fsp3) is 0.625. The number of rotatable bonds is 3. The summed E-state index contributed by atoms with van der Waals surface area (Å²) < 4.78 is 1.79. The van der Waals surface area contributed by atoms with Gasteiger partial charge in [-0.3, -0.25) is 13.9 Å². The molecule has 2 heterocycles. The Kier molecular flexibility index (Phi) is 4.49. The average molecular weight is 403 g/mol. The molecular formula is C16H20Cl2N4O2S. The smallest absolute Gasteiger partial charge is 0.280 e. The van der Waals surface area contributed by atoms with Crippen molar-refractivity contribution in [2.24, 2.45) is 20.0 Å². The first-order valence-corrected chi connectivity index (χ1v) is 9.66. The fourth-order valence-corrected chi connectivity index (χ4v) is 4.44. The summed E-state index contributed by atoms with van der Waals surface area (Å²) in [4.78, 5) is 34.1. The number of aryl methyl sites for hydroxylation is 1. The molecule has 0 amide bonds. The zero-order valence-corrected chi connectivity index (χ0v) is 17.1. The largest absolute Gasteiger partial charge is 0.332 e. The number of hydrogen-bond acceptors (Lipinski definition) is 5. The lowest BCUT2D eigenvalue weighted by molar-refractivity contribution is 0.539. The van der Waals surface area contributed by atoms with Crippen LogP contribution < -0.4 is 11.2 Å². The van der Waals surface area contributed by atoms with Crippen LogP contribution in [0.5, 0.6) is 0 Å². The van der Waals surface area contributed by atoms with Crippen LogP contribution in [0.1, 0.15) is 33.0 Å². The van der Waals surface area contributed by atoms with Gasteiger partial charge in [-0.25, -0.2) is 14.8 Å². The van der Waals surface area contributed by atoms with Gasteiger partial charge in [0.2, 0.25) is 0 Å². The normalized spacial score (nSPS) is 19.4. The van der Waals surface area contributed by atoms with Gasteiger partial charge in [0.25, 0.3) is 5.56 Å². The van der Waals surface area contributed by atoms with E-state index < -0.39 is 10.0 Å². The van der Waals surface area contributed by atoms with Crippen molar-refractivity contribution in [2.75, 3.05) is 5.75 Å². The second-order valence-electron chi connectivity index (χ2n) is 7.48. The molecule has 1 fully saturated rings. The molecule has 1 saturated carbocycles. The zero-order chi connectivity index (χ0) is 18.7. The number of hydrogen-bond donors (Lipinski definition) is 0. The maximum absolute atomic E-state index is 12.7. The molecule has 2 aromatic heterocycles. The van der Waals surface area contributed by atoms with Crippen molar-refractivity contribution in [3.05, 3.63) is 26.7 Å². The van der Waals surface area contributed by atoms with E-state index in [1.807, 2.05) is 20.8 Å². The Morgan fingerprint density at radius 2 is 1.80 bits per heavy atom. The molecule has 0 radical (unpaired) electrons. The van der Waals surface area contributed by atoms with Gasteiger partial charge in [-0.2, -0.15) is 0 Å². The van der Waals surface area contributed by atoms with Gasteiger partial charge in [-0.1, -0.05) is 20.8 Å². The van der Waals surface area contributed by atoms with Crippen molar-refractivity contribution in [1.82, 2.24) is 19.1 Å². The molecule has 1 atom stereocenters. The van der Waals surface area contributed by atoms with Crippen LogP contribution in [0.3, 0.4) is 0 Å². The zero-order valence-electron chi connectivity index (χ0n) is 14.8. The summed E-state index contributed by atoms with van der Waals surface area (Å²) in [6, 6.07) is 0. The van der Waals surface area contributed by atoms with Crippen LogP contribution in [0.4, 0.5) is 0 Å². The number of thioether (sulfide) groups is 1. The minimum atomic E-state index is -0.680. The molecule has 3 rings (SSSR count). The first-order valence-electron chi connectivity index (χ1n) is 7.92. The highest BCUT2D eigenvalue weighted by atomic mass is 35.5. The summed E-state index contributed by atoms with van der Waals surface area (Å²) in [7, 11) is 3.07. The van der Waals surface area contributed by atoms with Gasteiger partial charge in [0.05, 0.1) is 0 Å². The van der Waals surface area contributed by atoms with Crippen LogP contribution in [-0.4, -0.2) is 29.2 Å². The second kappa shape index (κ2) is 5.99. The lowest BCUT2D eigenvalue weighted by atomic mass is 9.96. The molecule has 0 spiro atoms. The lowest BCUT2D eigenvalue weighted by Gasteiger charge is -2.19. The van der Waals surface area contributed by atoms with Gasteiger partial charge < -0.3 is 0 Å². The SMILES string of the molecule is Cn1c(=O)c2c(SCC3CC3(Cl)Cl)nc(C(C)(C)C)nc2n(C)c1=O. The number of halogens is 2. The third-order valence-electron chi connectivity index (χ3n) is 4.31. The highest BCUT2D eigenvalue weighted by molar-refractivity contribution is 7.99. The summed E-state index contributed by atoms with van der Waals surface area (Å²) in [5, 5.41) is 0.931. The van der Waals surface area contributed by atoms with E-state index >= 15 is 0 Å². The summed E-state index contributed by atoms with van der Waals surface area (Å²) in [5.74, 6) is 1.42. The molecular weight excluding hydrogens is 383 g/mol. The van der Waals surface area contributed by atoms with E-state index in [1.165, 1.54) is 23.4 Å². The minimum absolute atomic E-state index is 0.167. The molecule has 0 bridgehead atoms. The van der Waals surface area contributed by atoms with E-state index in [4.69, 9.17) is 23.2 Å². The second-order valence-corrected chi connectivity index (χ2v) is 10.0. The molecule has 0 N–H and O–H groups in total. The molecule has 25 heavy (non-hydrogen) atoms. The molecule has 1 aliphatic rings. The van der Waals surface area contributed by atoms with Gasteiger partial charge in [0, 0.05) is 31.2 Å². The van der Waals surface area contributed by atoms with Crippen LogP contribution in [0.25, 0.3) is 11.0 Å². The number of fused-ring (bicyclic) bond motifs is 1. The topological polar surface area (TPSA) is 69.8 Å². The highest BCUT2D eigenvalue weighted by Crippen LogP contribution is 2.54. The summed E-state index contributed by atoms with van der Waals surface area (Å²) >= 11 is 13.7. The van der Waals surface area contributed by atoms with E-state index in [2.05, 4.69) is 9.97 Å². The van der Waals surface area contributed by atoms with Crippen molar-refractivity contribution in [3.8, 4) is 0 Å². The van der Waals surface area contributed by atoms with Crippen molar-refractivity contribution in [1.29, 1.82) is 0 Å². The first-order chi connectivity index (χ1) is 11.4. The van der Waals surface area contributed by atoms with E-state index in [1.54, 1.807) is 7.05 Å². The first kappa shape index (κ1) is 18.7. The molecule has 0 aliphatic heterocycles. The van der Waals surface area contributed by atoms with Crippen molar-refractivity contribution >= 4 is 46.0 Å². The number of alkyl halides is 2. The van der Waals surface area contributed by atoms with Gasteiger partial charge in [0.1, 0.15) is 20.6 Å². The monoisotopic (exact) mass is 402 g/mol. The minimum Gasteiger partial charge on any atom is -0.280 e. The van der Waals surface area contributed by atoms with E-state index in [9.17, 15) is 9.59 Å². The maximum atomic E-state index is 12.7. The standard InChI is InChI=1S/C16H20Cl2N4O2S/c1-15(2,3)13-19-10-9(12(23)22(5)14(24)21(10)4)11(20-13)25-7-8-6-16(8,17)18/h8H,6-7H2,1-5H3. The Bertz CT molecular complexity index is 975. The van der Waals surface area contributed by atoms with Crippen LogP contribution in [0.15, 0.2) is 14.6 Å². The van der Waals surface area contributed by atoms with Crippen LogP contribution >= 0.6 is 35.0 Å². The Balaban J connectivity index is 2.21. The Morgan fingerprint density at radius 3 is 2.32 bits per heavy atom. The van der Waals surface area contributed by atoms with E-state index in [-0.39, 0.29) is 16.9 Å². The summed E-state index contributed by atoms with van der Waals surface area (Å²) in [6.45, 7) is 5.97. The Labute approximate surface area is 159 Å². The lowest BCUT2D eigenvalue weighted by Crippen LogP contribution is -2.38. The third-order valence-corrected chi connectivity index (χ3v) is 6.38. The highest BCUT2D eigenvalue weighted by Gasteiger charge is 2.51. The predicted octanol–water partition coefficient (Wildman–Crippen LogP) is 2.61. The summed E-state index contributed by atoms with van der Waals surface area (Å²) in [5.41, 5.74) is -0.757. The number of aromatic nitrogens is 4. The van der Waals surface area contributed by atoms with Crippen molar-refractivity contribution < 1.29 is 0 Å². The molecule has 6 nitrogen and oxygen atoms in total. The molecule has 9 heteroatoms. The van der Waals surface area contributed by atoms with Gasteiger partial charge in [0.15, 0.2) is 5.65 Å². The average Bonchev–Trinajstić information content (AvgIpc) is 3.14. The van der Waals surface area contributed by atoms with Gasteiger partial charge in [-0.05, 0) is 6.42 Å². The van der Waals surface area contributed by atoms with Gasteiger partial charge in [-0.15, -0.1) is 35.0 Å². The van der Waals surface area contributed by atoms with Crippen LogP contribution in [-0.2, 0) is 19.5 Å². The fourth-order valence-electron chi connectivity index (χ4n) is 2.50. The number of nitrogens with zero attached hydrogens (tertiary/aromatic N) is 4. The van der Waals surface area contributed by atoms with Gasteiger partial charge >= 0.3 is 5.69 Å². The van der Waals surface area contributed by atoms with Crippen molar-refractivity contribution in [2.45, 2.75) is 42.0 Å². The van der Waals surface area contributed by atoms with Crippen LogP contribution in [0.2, 0.25) is 0 Å². The molecule has 1 unspecified atom stereocenters. The van der Waals surface area contributed by atoms with E-state index in [0.717, 1.165) is 11.0 Å². The Morgan fingerprint density at radius 1 is 1.20 bits per heavy atom. The third kappa shape index (κ3) is 3.34. The molecule has 2 aromatic rings. The van der Waals surface area contributed by atoms with E-state index in [0.29, 0.717) is 27.6 Å². The van der Waals surface area contributed by atoms with Crippen LogP contribution in [0, 0.1) is 5.92 Å². The molecule has 0 aromatic carbocycles. The Hall–Kier alpha value is -1.05. The molecule has 0 saturated heterocycles.